The molecule has 19 heavy (non-hydrogen) atoms. The van der Waals surface area contributed by atoms with Gasteiger partial charge >= 0.3 is 0 Å². The van der Waals surface area contributed by atoms with Crippen molar-refractivity contribution in [3.05, 3.63) is 29.3 Å². The highest BCUT2D eigenvalue weighted by Gasteiger charge is 2.32. The Hall–Kier alpha value is -1.50. The van der Waals surface area contributed by atoms with Crippen LogP contribution in [0.3, 0.4) is 0 Å². The first-order chi connectivity index (χ1) is 8.86. The largest absolute Gasteiger partial charge is 0.355 e. The number of amides is 1. The van der Waals surface area contributed by atoms with Crippen LogP contribution in [0.1, 0.15) is 23.2 Å². The highest BCUT2D eigenvalue weighted by atomic mass is 32.2. The molecule has 0 saturated heterocycles. The fraction of sp³-hybridized carbons (Fsp3) is 0.417. The average Bonchev–Trinajstić information content (AvgIpc) is 3.11. The minimum atomic E-state index is -3.83. The SMILES string of the molecule is CNC(=O)c1c(F)ccc(S(=O)(=O)CC2CC2)c1F. The third-order valence-electron chi connectivity index (χ3n) is 3.00. The van der Waals surface area contributed by atoms with E-state index in [-0.39, 0.29) is 11.7 Å². The summed E-state index contributed by atoms with van der Waals surface area (Å²) in [7, 11) is -2.62. The summed E-state index contributed by atoms with van der Waals surface area (Å²) in [6, 6.07) is 1.67. The minimum absolute atomic E-state index is 0.0397. The predicted molar refractivity (Wildman–Crippen MR) is 64.5 cm³/mol. The molecule has 1 N–H and O–H groups in total. The highest BCUT2D eigenvalue weighted by Crippen LogP contribution is 2.33. The number of sulfone groups is 1. The van der Waals surface area contributed by atoms with Crippen molar-refractivity contribution < 1.29 is 22.0 Å². The third-order valence-corrected chi connectivity index (χ3v) is 4.89. The first kappa shape index (κ1) is 13.9. The zero-order valence-electron chi connectivity index (χ0n) is 10.2. The molecule has 0 unspecified atom stereocenters. The van der Waals surface area contributed by atoms with Crippen molar-refractivity contribution in [1.82, 2.24) is 5.32 Å². The summed E-state index contributed by atoms with van der Waals surface area (Å²) >= 11 is 0. The Morgan fingerprint density at radius 3 is 2.53 bits per heavy atom. The van der Waals surface area contributed by atoms with Crippen LogP contribution in [0.4, 0.5) is 8.78 Å². The van der Waals surface area contributed by atoms with Gasteiger partial charge in [0, 0.05) is 7.05 Å². The fourth-order valence-electron chi connectivity index (χ4n) is 1.79. The zero-order valence-corrected chi connectivity index (χ0v) is 11.1. The molecule has 0 aromatic heterocycles. The summed E-state index contributed by atoms with van der Waals surface area (Å²) in [5.41, 5.74) is -0.862. The van der Waals surface area contributed by atoms with Gasteiger partial charge in [-0.25, -0.2) is 17.2 Å². The lowest BCUT2D eigenvalue weighted by molar-refractivity contribution is 0.0954. The number of halogens is 2. The number of nitrogens with one attached hydrogen (secondary N) is 1. The molecule has 2 rings (SSSR count). The average molecular weight is 289 g/mol. The molecule has 1 aliphatic rings. The van der Waals surface area contributed by atoms with E-state index in [2.05, 4.69) is 5.32 Å². The van der Waals surface area contributed by atoms with Crippen molar-refractivity contribution in [1.29, 1.82) is 0 Å². The molecule has 1 saturated carbocycles. The maximum atomic E-state index is 14.1. The van der Waals surface area contributed by atoms with E-state index < -0.39 is 37.8 Å². The molecular formula is C12H13F2NO3S. The first-order valence-electron chi connectivity index (χ1n) is 5.79. The van der Waals surface area contributed by atoms with Crippen molar-refractivity contribution in [2.24, 2.45) is 5.92 Å². The Balaban J connectivity index is 2.50. The van der Waals surface area contributed by atoms with Gasteiger partial charge in [0.05, 0.1) is 5.75 Å². The summed E-state index contributed by atoms with van der Waals surface area (Å²) in [6.07, 6.45) is 1.59. The minimum Gasteiger partial charge on any atom is -0.355 e. The third kappa shape index (κ3) is 2.75. The van der Waals surface area contributed by atoms with Gasteiger partial charge in [-0.2, -0.15) is 0 Å². The van der Waals surface area contributed by atoms with Crippen LogP contribution >= 0.6 is 0 Å². The molecule has 1 fully saturated rings. The van der Waals surface area contributed by atoms with Gasteiger partial charge in [-0.1, -0.05) is 0 Å². The van der Waals surface area contributed by atoms with Crippen LogP contribution in [-0.2, 0) is 9.84 Å². The lowest BCUT2D eigenvalue weighted by Gasteiger charge is -2.09. The molecule has 1 aromatic rings. The fourth-order valence-corrected chi connectivity index (χ4v) is 3.58. The number of carbonyl (C=O) groups is 1. The number of rotatable bonds is 4. The topological polar surface area (TPSA) is 63.2 Å². The van der Waals surface area contributed by atoms with E-state index in [4.69, 9.17) is 0 Å². The molecule has 104 valence electrons. The Morgan fingerprint density at radius 1 is 1.37 bits per heavy atom. The Morgan fingerprint density at radius 2 is 2.00 bits per heavy atom. The monoisotopic (exact) mass is 289 g/mol. The van der Waals surface area contributed by atoms with Crippen molar-refractivity contribution in [2.45, 2.75) is 17.7 Å². The van der Waals surface area contributed by atoms with Crippen LogP contribution in [0.25, 0.3) is 0 Å². The molecule has 1 aliphatic carbocycles. The Bertz CT molecular complexity index is 624. The maximum Gasteiger partial charge on any atom is 0.257 e. The molecule has 0 bridgehead atoms. The molecule has 0 aliphatic heterocycles. The van der Waals surface area contributed by atoms with E-state index in [0.717, 1.165) is 25.0 Å². The molecule has 7 heteroatoms. The number of benzene rings is 1. The summed E-state index contributed by atoms with van der Waals surface area (Å²) in [4.78, 5) is 10.8. The maximum absolute atomic E-state index is 14.1. The molecule has 1 aromatic carbocycles. The molecule has 0 heterocycles. The summed E-state index contributed by atoms with van der Waals surface area (Å²) in [6.45, 7) is 0. The van der Waals surface area contributed by atoms with Gasteiger partial charge < -0.3 is 5.32 Å². The number of hydrogen-bond donors (Lipinski definition) is 1. The lowest BCUT2D eigenvalue weighted by Crippen LogP contribution is -2.23. The smallest absolute Gasteiger partial charge is 0.257 e. The van der Waals surface area contributed by atoms with Crippen molar-refractivity contribution >= 4 is 15.7 Å². The van der Waals surface area contributed by atoms with E-state index in [1.165, 1.54) is 7.05 Å². The van der Waals surface area contributed by atoms with Gasteiger partial charge in [0.15, 0.2) is 15.7 Å². The van der Waals surface area contributed by atoms with Crippen molar-refractivity contribution in [2.75, 3.05) is 12.8 Å². The summed E-state index contributed by atoms with van der Waals surface area (Å²) < 4.78 is 51.5. The summed E-state index contributed by atoms with van der Waals surface area (Å²) in [5.74, 6) is -3.51. The second kappa shape index (κ2) is 4.88. The van der Waals surface area contributed by atoms with Gasteiger partial charge in [-0.3, -0.25) is 4.79 Å². The van der Waals surface area contributed by atoms with Crippen LogP contribution in [-0.4, -0.2) is 27.1 Å². The van der Waals surface area contributed by atoms with E-state index >= 15 is 0 Å². The highest BCUT2D eigenvalue weighted by molar-refractivity contribution is 7.91. The normalized spacial score (nSPS) is 15.3. The predicted octanol–water partition coefficient (Wildman–Crippen LogP) is 1.51. The van der Waals surface area contributed by atoms with Gasteiger partial charge in [0.2, 0.25) is 0 Å². The number of hydrogen-bond acceptors (Lipinski definition) is 3. The molecule has 1 amide bonds. The standard InChI is InChI=1S/C12H13F2NO3S/c1-15-12(16)10-8(13)4-5-9(11(10)14)19(17,18)6-7-2-3-7/h4-5,7H,2-3,6H2,1H3,(H,15,16). The quantitative estimate of drug-likeness (QED) is 0.855. The lowest BCUT2D eigenvalue weighted by atomic mass is 10.2. The van der Waals surface area contributed by atoms with Gasteiger partial charge in [0.1, 0.15) is 16.3 Å². The van der Waals surface area contributed by atoms with Gasteiger partial charge in [0.25, 0.3) is 5.91 Å². The van der Waals surface area contributed by atoms with Gasteiger partial charge in [-0.15, -0.1) is 0 Å². The molecular weight excluding hydrogens is 276 g/mol. The second-order valence-corrected chi connectivity index (χ2v) is 6.54. The Kier molecular flexibility index (Phi) is 3.58. The van der Waals surface area contributed by atoms with Crippen LogP contribution < -0.4 is 5.32 Å². The zero-order chi connectivity index (χ0) is 14.2. The van der Waals surface area contributed by atoms with E-state index in [1.807, 2.05) is 0 Å². The Labute approximate surface area is 109 Å². The molecule has 4 nitrogen and oxygen atoms in total. The first-order valence-corrected chi connectivity index (χ1v) is 7.45. The molecule has 0 radical (unpaired) electrons. The molecule has 0 atom stereocenters. The van der Waals surface area contributed by atoms with Crippen LogP contribution in [0.2, 0.25) is 0 Å². The second-order valence-electron chi connectivity index (χ2n) is 4.54. The molecule has 0 spiro atoms. The van der Waals surface area contributed by atoms with Crippen LogP contribution in [0, 0.1) is 17.6 Å². The summed E-state index contributed by atoms with van der Waals surface area (Å²) in [5, 5.41) is 2.08. The van der Waals surface area contributed by atoms with Crippen molar-refractivity contribution in [3.8, 4) is 0 Å². The van der Waals surface area contributed by atoms with Crippen LogP contribution in [0.15, 0.2) is 17.0 Å². The van der Waals surface area contributed by atoms with Gasteiger partial charge in [-0.05, 0) is 30.9 Å². The number of carbonyl (C=O) groups excluding carboxylic acids is 1. The van der Waals surface area contributed by atoms with E-state index in [9.17, 15) is 22.0 Å². The van der Waals surface area contributed by atoms with Crippen LogP contribution in [0.5, 0.6) is 0 Å². The van der Waals surface area contributed by atoms with E-state index in [1.54, 1.807) is 0 Å². The van der Waals surface area contributed by atoms with Crippen molar-refractivity contribution in [3.63, 3.8) is 0 Å². The van der Waals surface area contributed by atoms with E-state index in [0.29, 0.717) is 0 Å².